The number of rotatable bonds is 2. The Kier molecular flexibility index (Phi) is 4.11. The molecule has 0 radical (unpaired) electrons. The van der Waals surface area contributed by atoms with Crippen molar-refractivity contribution in [3.8, 4) is 5.75 Å². The minimum absolute atomic E-state index is 0.0380. The van der Waals surface area contributed by atoms with E-state index in [1.807, 2.05) is 23.5 Å². The lowest BCUT2D eigenvalue weighted by Crippen LogP contribution is -2.38. The number of ketones is 1. The number of ether oxygens (including phenoxy) is 1. The molecule has 1 unspecified atom stereocenters. The van der Waals surface area contributed by atoms with Crippen molar-refractivity contribution in [2.75, 3.05) is 12.0 Å². The van der Waals surface area contributed by atoms with Crippen molar-refractivity contribution in [3.63, 3.8) is 0 Å². The van der Waals surface area contributed by atoms with Crippen molar-refractivity contribution in [2.45, 2.75) is 39.7 Å². The van der Waals surface area contributed by atoms with Gasteiger partial charge in [-0.15, -0.1) is 11.3 Å². The van der Waals surface area contributed by atoms with Crippen LogP contribution in [0, 0.1) is 5.41 Å². The predicted octanol–water partition coefficient (Wildman–Crippen LogP) is 6.59. The SMILES string of the molecule is COc1ccc(N2C3=C(C(=O)CC(C)(C)C3)c3c(sc4ccccc34)C2C)cc1. The average molecular weight is 404 g/mol. The van der Waals surface area contributed by atoms with E-state index >= 15 is 0 Å². The van der Waals surface area contributed by atoms with Crippen molar-refractivity contribution >= 4 is 38.5 Å². The molecule has 2 heterocycles. The molecule has 0 saturated heterocycles. The molecule has 0 saturated carbocycles. The summed E-state index contributed by atoms with van der Waals surface area (Å²) in [6.07, 6.45) is 1.49. The van der Waals surface area contributed by atoms with Gasteiger partial charge in [-0.25, -0.2) is 0 Å². The predicted molar refractivity (Wildman–Crippen MR) is 121 cm³/mol. The summed E-state index contributed by atoms with van der Waals surface area (Å²) >= 11 is 1.82. The first-order valence-electron chi connectivity index (χ1n) is 10.1. The smallest absolute Gasteiger partial charge is 0.165 e. The highest BCUT2D eigenvalue weighted by Crippen LogP contribution is 2.54. The maximum absolute atomic E-state index is 13.4. The largest absolute Gasteiger partial charge is 0.497 e. The van der Waals surface area contributed by atoms with Crippen LogP contribution >= 0.6 is 11.3 Å². The zero-order valence-corrected chi connectivity index (χ0v) is 18.1. The van der Waals surface area contributed by atoms with Crippen LogP contribution in [0.1, 0.15) is 50.1 Å². The number of benzene rings is 2. The fourth-order valence-electron chi connectivity index (χ4n) is 4.87. The van der Waals surface area contributed by atoms with E-state index < -0.39 is 0 Å². The third kappa shape index (κ3) is 2.81. The van der Waals surface area contributed by atoms with Crippen LogP contribution in [0.2, 0.25) is 0 Å². The molecule has 29 heavy (non-hydrogen) atoms. The quantitative estimate of drug-likeness (QED) is 0.483. The van der Waals surface area contributed by atoms with Gasteiger partial charge in [0, 0.05) is 43.9 Å². The summed E-state index contributed by atoms with van der Waals surface area (Å²) in [5, 5.41) is 1.22. The second kappa shape index (κ2) is 6.46. The Morgan fingerprint density at radius 1 is 1.07 bits per heavy atom. The Hall–Kier alpha value is -2.59. The Morgan fingerprint density at radius 2 is 1.79 bits per heavy atom. The highest BCUT2D eigenvalue weighted by atomic mass is 32.1. The van der Waals surface area contributed by atoms with Crippen molar-refractivity contribution in [3.05, 3.63) is 64.7 Å². The van der Waals surface area contributed by atoms with E-state index in [2.05, 4.69) is 62.1 Å². The lowest BCUT2D eigenvalue weighted by atomic mass is 9.72. The fourth-order valence-corrected chi connectivity index (χ4v) is 6.12. The molecule has 3 aromatic rings. The molecule has 4 heteroatoms. The van der Waals surface area contributed by atoms with E-state index in [-0.39, 0.29) is 17.2 Å². The molecular weight excluding hydrogens is 378 g/mol. The molecule has 0 bridgehead atoms. The number of thiophene rings is 1. The van der Waals surface area contributed by atoms with Gasteiger partial charge in [-0.05, 0) is 49.1 Å². The van der Waals surface area contributed by atoms with Gasteiger partial charge in [0.15, 0.2) is 5.78 Å². The topological polar surface area (TPSA) is 29.5 Å². The number of fused-ring (bicyclic) bond motifs is 4. The molecule has 0 N–H and O–H groups in total. The summed E-state index contributed by atoms with van der Waals surface area (Å²) in [7, 11) is 1.69. The summed E-state index contributed by atoms with van der Waals surface area (Å²) in [6, 6.07) is 16.9. The first kappa shape index (κ1) is 18.4. The first-order chi connectivity index (χ1) is 13.9. The van der Waals surface area contributed by atoms with Crippen LogP contribution in [0.4, 0.5) is 5.69 Å². The second-order valence-corrected chi connectivity index (χ2v) is 9.93. The number of hydrogen-bond acceptors (Lipinski definition) is 4. The average Bonchev–Trinajstić information content (AvgIpc) is 3.07. The van der Waals surface area contributed by atoms with E-state index in [1.165, 1.54) is 26.2 Å². The van der Waals surface area contributed by atoms with E-state index in [9.17, 15) is 4.79 Å². The Balaban J connectivity index is 1.78. The van der Waals surface area contributed by atoms with Crippen LogP contribution in [0.25, 0.3) is 15.7 Å². The molecule has 148 valence electrons. The lowest BCUT2D eigenvalue weighted by molar-refractivity contribution is -0.116. The van der Waals surface area contributed by atoms with Crippen molar-refractivity contribution in [1.29, 1.82) is 0 Å². The Bertz CT molecular complexity index is 1150. The number of anilines is 1. The highest BCUT2D eigenvalue weighted by Gasteiger charge is 2.43. The number of Topliss-reactive ketones (excluding diaryl/α,β-unsaturated/α-hetero) is 1. The maximum Gasteiger partial charge on any atom is 0.165 e. The number of allylic oxidation sites excluding steroid dienone is 2. The Morgan fingerprint density at radius 3 is 2.52 bits per heavy atom. The molecule has 1 aromatic heterocycles. The summed E-state index contributed by atoms with van der Waals surface area (Å²) in [5.74, 6) is 1.11. The minimum atomic E-state index is -0.0380. The molecule has 1 aliphatic heterocycles. The number of carbonyl (C=O) groups is 1. The number of hydrogen-bond donors (Lipinski definition) is 0. The summed E-state index contributed by atoms with van der Waals surface area (Å²) in [6.45, 7) is 6.66. The molecule has 2 aliphatic rings. The highest BCUT2D eigenvalue weighted by molar-refractivity contribution is 7.19. The second-order valence-electron chi connectivity index (χ2n) is 8.84. The summed E-state index contributed by atoms with van der Waals surface area (Å²) in [5.41, 5.74) is 4.35. The molecule has 1 aliphatic carbocycles. The van der Waals surface area contributed by atoms with Crippen molar-refractivity contribution < 1.29 is 9.53 Å². The van der Waals surface area contributed by atoms with E-state index in [4.69, 9.17) is 4.74 Å². The molecule has 0 spiro atoms. The standard InChI is InChI=1S/C25H25NO2S/c1-15-24-22(18-7-5-6-8-21(18)29-24)23-19(13-25(2,3)14-20(23)27)26(15)16-9-11-17(28-4)12-10-16/h5-12,15H,13-14H2,1-4H3. The van der Waals surface area contributed by atoms with Crippen LogP contribution in [-0.2, 0) is 4.79 Å². The molecule has 3 nitrogen and oxygen atoms in total. The van der Waals surface area contributed by atoms with Gasteiger partial charge in [-0.3, -0.25) is 4.79 Å². The van der Waals surface area contributed by atoms with Crippen LogP contribution in [0.3, 0.4) is 0 Å². The fraction of sp³-hybridized carbons (Fsp3) is 0.320. The van der Waals surface area contributed by atoms with Crippen molar-refractivity contribution in [2.24, 2.45) is 5.41 Å². The number of carbonyl (C=O) groups excluding carboxylic acids is 1. The van der Waals surface area contributed by atoms with Gasteiger partial charge in [-0.1, -0.05) is 32.0 Å². The molecule has 1 atom stereocenters. The lowest BCUT2D eigenvalue weighted by Gasteiger charge is -2.44. The normalized spacial score (nSPS) is 20.6. The zero-order valence-electron chi connectivity index (χ0n) is 17.3. The van der Waals surface area contributed by atoms with Gasteiger partial charge in [0.1, 0.15) is 5.75 Å². The summed E-state index contributed by atoms with van der Waals surface area (Å²) in [4.78, 5) is 17.1. The van der Waals surface area contributed by atoms with Crippen LogP contribution in [0.5, 0.6) is 5.75 Å². The summed E-state index contributed by atoms with van der Waals surface area (Å²) < 4.78 is 6.61. The van der Waals surface area contributed by atoms with Gasteiger partial charge in [-0.2, -0.15) is 0 Å². The molecule has 0 fully saturated rings. The van der Waals surface area contributed by atoms with Crippen LogP contribution in [0.15, 0.2) is 54.2 Å². The third-order valence-electron chi connectivity index (χ3n) is 6.13. The Labute approximate surface area is 175 Å². The first-order valence-corrected chi connectivity index (χ1v) is 10.9. The van der Waals surface area contributed by atoms with E-state index in [0.717, 1.165) is 23.4 Å². The maximum atomic E-state index is 13.4. The molecule has 2 aromatic carbocycles. The third-order valence-corrected chi connectivity index (χ3v) is 7.47. The number of methoxy groups -OCH3 is 1. The van der Waals surface area contributed by atoms with Gasteiger partial charge in [0.05, 0.1) is 13.2 Å². The van der Waals surface area contributed by atoms with Gasteiger partial charge >= 0.3 is 0 Å². The van der Waals surface area contributed by atoms with Crippen molar-refractivity contribution in [1.82, 2.24) is 0 Å². The van der Waals surface area contributed by atoms with Gasteiger partial charge in [0.25, 0.3) is 0 Å². The minimum Gasteiger partial charge on any atom is -0.497 e. The van der Waals surface area contributed by atoms with Gasteiger partial charge < -0.3 is 9.64 Å². The van der Waals surface area contributed by atoms with Crippen LogP contribution in [-0.4, -0.2) is 12.9 Å². The molecular formula is C25H25NO2S. The van der Waals surface area contributed by atoms with E-state index in [1.54, 1.807) is 7.11 Å². The molecule has 0 amide bonds. The monoisotopic (exact) mass is 403 g/mol. The van der Waals surface area contributed by atoms with Gasteiger partial charge in [0.2, 0.25) is 0 Å². The van der Waals surface area contributed by atoms with E-state index in [0.29, 0.717) is 6.42 Å². The number of nitrogens with zero attached hydrogens (tertiary/aromatic N) is 1. The zero-order chi connectivity index (χ0) is 20.3. The molecule has 5 rings (SSSR count). The van der Waals surface area contributed by atoms with Crippen LogP contribution < -0.4 is 9.64 Å².